The van der Waals surface area contributed by atoms with Crippen molar-refractivity contribution in [2.45, 2.75) is 31.9 Å². The van der Waals surface area contributed by atoms with Gasteiger partial charge in [0.15, 0.2) is 5.38 Å². The number of alkyl halides is 1. The second-order valence-corrected chi connectivity index (χ2v) is 4.13. The number of hydrogen-bond donors (Lipinski definition) is 0. The van der Waals surface area contributed by atoms with Crippen LogP contribution in [0.5, 0.6) is 0 Å². The van der Waals surface area contributed by atoms with Crippen LogP contribution in [0.15, 0.2) is 30.3 Å². The van der Waals surface area contributed by atoms with Crippen molar-refractivity contribution in [3.8, 4) is 0 Å². The summed E-state index contributed by atoms with van der Waals surface area (Å²) in [7, 11) is 0. The molecule has 0 aliphatic heterocycles. The highest BCUT2D eigenvalue weighted by Crippen LogP contribution is 2.11. The lowest BCUT2D eigenvalue weighted by Crippen LogP contribution is -2.30. The van der Waals surface area contributed by atoms with Crippen LogP contribution in [0, 0.1) is 0 Å². The second kappa shape index (κ2) is 7.30. The summed E-state index contributed by atoms with van der Waals surface area (Å²) in [5, 5.41) is -0.765. The molecule has 0 aromatic heterocycles. The van der Waals surface area contributed by atoms with Crippen molar-refractivity contribution in [3.05, 3.63) is 35.9 Å². The van der Waals surface area contributed by atoms with Crippen LogP contribution in [0.2, 0.25) is 0 Å². The van der Waals surface area contributed by atoms with Crippen molar-refractivity contribution in [1.82, 2.24) is 0 Å². The summed E-state index contributed by atoms with van der Waals surface area (Å²) < 4.78 is 10.4. The van der Waals surface area contributed by atoms with E-state index in [2.05, 4.69) is 0 Å². The van der Waals surface area contributed by atoms with Gasteiger partial charge in [-0.25, -0.2) is 0 Å². The summed E-state index contributed by atoms with van der Waals surface area (Å²) in [6, 6.07) is 9.73. The third-order valence-corrected chi connectivity index (χ3v) is 2.81. The fourth-order valence-electron chi connectivity index (χ4n) is 1.30. The Morgan fingerprint density at radius 3 is 2.59 bits per heavy atom. The van der Waals surface area contributed by atoms with Crippen LogP contribution in [0.1, 0.15) is 19.4 Å². The van der Waals surface area contributed by atoms with Gasteiger partial charge in [0.05, 0.1) is 19.3 Å². The van der Waals surface area contributed by atoms with Crippen molar-refractivity contribution in [2.24, 2.45) is 0 Å². The summed E-state index contributed by atoms with van der Waals surface area (Å²) in [4.78, 5) is 11.4. The van der Waals surface area contributed by atoms with Crippen LogP contribution in [0.25, 0.3) is 0 Å². The van der Waals surface area contributed by atoms with Crippen LogP contribution in [-0.4, -0.2) is 24.1 Å². The Labute approximate surface area is 107 Å². The topological polar surface area (TPSA) is 35.5 Å². The number of benzene rings is 1. The lowest BCUT2D eigenvalue weighted by atomic mass is 10.2. The molecule has 17 heavy (non-hydrogen) atoms. The lowest BCUT2D eigenvalue weighted by Gasteiger charge is -2.17. The Morgan fingerprint density at radius 1 is 1.35 bits per heavy atom. The molecule has 0 aliphatic rings. The smallest absolute Gasteiger partial charge is 0.326 e. The van der Waals surface area contributed by atoms with Crippen LogP contribution in [-0.2, 0) is 20.9 Å². The molecule has 3 nitrogen and oxygen atoms in total. The van der Waals surface area contributed by atoms with E-state index in [0.717, 1.165) is 5.56 Å². The quantitative estimate of drug-likeness (QED) is 0.580. The van der Waals surface area contributed by atoms with E-state index in [0.29, 0.717) is 13.2 Å². The van der Waals surface area contributed by atoms with E-state index in [-0.39, 0.29) is 6.10 Å². The number of carbonyl (C=O) groups is 1. The molecule has 1 aromatic rings. The largest absolute Gasteiger partial charge is 0.465 e. The third kappa shape index (κ3) is 4.75. The van der Waals surface area contributed by atoms with E-state index in [4.69, 9.17) is 21.1 Å². The van der Waals surface area contributed by atoms with Gasteiger partial charge >= 0.3 is 5.97 Å². The van der Waals surface area contributed by atoms with Gasteiger partial charge in [-0.15, -0.1) is 11.6 Å². The molecule has 0 radical (unpaired) electrons. The van der Waals surface area contributed by atoms with Gasteiger partial charge in [0.1, 0.15) is 0 Å². The van der Waals surface area contributed by atoms with Crippen LogP contribution in [0.3, 0.4) is 0 Å². The predicted molar refractivity (Wildman–Crippen MR) is 67.0 cm³/mol. The van der Waals surface area contributed by atoms with Crippen molar-refractivity contribution in [3.63, 3.8) is 0 Å². The van der Waals surface area contributed by atoms with Gasteiger partial charge in [-0.05, 0) is 19.4 Å². The average Bonchev–Trinajstić information content (AvgIpc) is 2.36. The second-order valence-electron chi connectivity index (χ2n) is 3.66. The molecular weight excluding hydrogens is 240 g/mol. The summed E-state index contributed by atoms with van der Waals surface area (Å²) in [5.74, 6) is -0.435. The highest BCUT2D eigenvalue weighted by molar-refractivity contribution is 6.30. The standard InChI is InChI=1S/C13H17ClO3/c1-3-16-13(15)12(14)10(2)17-9-11-7-5-4-6-8-11/h4-8,10,12H,3,9H2,1-2H3. The molecule has 0 amide bonds. The van der Waals surface area contributed by atoms with Crippen LogP contribution >= 0.6 is 11.6 Å². The van der Waals surface area contributed by atoms with Gasteiger partial charge in [0.2, 0.25) is 0 Å². The zero-order valence-corrected chi connectivity index (χ0v) is 10.8. The summed E-state index contributed by atoms with van der Waals surface area (Å²) in [6.07, 6.45) is -0.379. The maximum atomic E-state index is 11.4. The minimum absolute atomic E-state index is 0.327. The van der Waals surface area contributed by atoms with Crippen LogP contribution < -0.4 is 0 Å². The van der Waals surface area contributed by atoms with E-state index in [1.807, 2.05) is 30.3 Å². The third-order valence-electron chi connectivity index (χ3n) is 2.28. The molecule has 0 saturated carbocycles. The highest BCUT2D eigenvalue weighted by atomic mass is 35.5. The zero-order chi connectivity index (χ0) is 12.7. The molecule has 0 aliphatic carbocycles. The van der Waals surface area contributed by atoms with E-state index in [1.165, 1.54) is 0 Å². The predicted octanol–water partition coefficient (Wildman–Crippen LogP) is 2.76. The van der Waals surface area contributed by atoms with E-state index in [1.54, 1.807) is 13.8 Å². The first-order valence-corrected chi connectivity index (χ1v) is 6.05. The minimum atomic E-state index is -0.765. The Balaban J connectivity index is 2.39. The first-order valence-electron chi connectivity index (χ1n) is 5.61. The molecule has 1 rings (SSSR count). The summed E-state index contributed by atoms with van der Waals surface area (Å²) in [5.41, 5.74) is 1.05. The monoisotopic (exact) mass is 256 g/mol. The van der Waals surface area contributed by atoms with E-state index in [9.17, 15) is 4.79 Å². The molecule has 0 fully saturated rings. The summed E-state index contributed by atoms with van der Waals surface area (Å²) >= 11 is 5.93. The van der Waals surface area contributed by atoms with Gasteiger partial charge in [0, 0.05) is 0 Å². The van der Waals surface area contributed by atoms with Gasteiger partial charge in [0.25, 0.3) is 0 Å². The molecular formula is C13H17ClO3. The minimum Gasteiger partial charge on any atom is -0.465 e. The van der Waals surface area contributed by atoms with Crippen molar-refractivity contribution in [2.75, 3.05) is 6.61 Å². The molecule has 0 spiro atoms. The van der Waals surface area contributed by atoms with E-state index >= 15 is 0 Å². The molecule has 0 bridgehead atoms. The highest BCUT2D eigenvalue weighted by Gasteiger charge is 2.24. The first-order chi connectivity index (χ1) is 8.15. The summed E-state index contributed by atoms with van der Waals surface area (Å²) in [6.45, 7) is 4.27. The fourth-order valence-corrected chi connectivity index (χ4v) is 1.44. The van der Waals surface area contributed by atoms with Crippen molar-refractivity contribution >= 4 is 17.6 Å². The molecule has 1 aromatic carbocycles. The molecule has 0 N–H and O–H groups in total. The SMILES string of the molecule is CCOC(=O)C(Cl)C(C)OCc1ccccc1. The maximum Gasteiger partial charge on any atom is 0.326 e. The number of hydrogen-bond acceptors (Lipinski definition) is 3. The number of carbonyl (C=O) groups excluding carboxylic acids is 1. The van der Waals surface area contributed by atoms with Crippen LogP contribution in [0.4, 0.5) is 0 Å². The molecule has 0 saturated heterocycles. The zero-order valence-electron chi connectivity index (χ0n) is 10.1. The van der Waals surface area contributed by atoms with Crippen molar-refractivity contribution < 1.29 is 14.3 Å². The Hall–Kier alpha value is -1.06. The molecule has 0 heterocycles. The number of ether oxygens (including phenoxy) is 2. The number of halogens is 1. The lowest BCUT2D eigenvalue weighted by molar-refractivity contribution is -0.145. The average molecular weight is 257 g/mol. The number of esters is 1. The number of rotatable bonds is 6. The first kappa shape index (κ1) is 14.0. The van der Waals surface area contributed by atoms with Gasteiger partial charge in [-0.2, -0.15) is 0 Å². The van der Waals surface area contributed by atoms with Gasteiger partial charge in [-0.3, -0.25) is 4.79 Å². The van der Waals surface area contributed by atoms with Gasteiger partial charge in [-0.1, -0.05) is 30.3 Å². The molecule has 2 atom stereocenters. The van der Waals surface area contributed by atoms with Crippen molar-refractivity contribution in [1.29, 1.82) is 0 Å². The Kier molecular flexibility index (Phi) is 6.01. The molecule has 4 heteroatoms. The Bertz CT molecular complexity index is 340. The fraction of sp³-hybridized carbons (Fsp3) is 0.462. The maximum absolute atomic E-state index is 11.4. The molecule has 2 unspecified atom stereocenters. The van der Waals surface area contributed by atoms with Gasteiger partial charge < -0.3 is 9.47 Å². The normalized spacial score (nSPS) is 14.1. The Morgan fingerprint density at radius 2 is 2.00 bits per heavy atom. The molecule has 94 valence electrons. The van der Waals surface area contributed by atoms with E-state index < -0.39 is 11.3 Å².